The van der Waals surface area contributed by atoms with Gasteiger partial charge in [0, 0.05) is 5.56 Å². The molecule has 2 N–H and O–H groups in total. The summed E-state index contributed by atoms with van der Waals surface area (Å²) in [5.74, 6) is -0.909. The molecule has 0 amide bonds. The molecule has 0 bridgehead atoms. The molecule has 0 unspecified atom stereocenters. The zero-order valence-electron chi connectivity index (χ0n) is 17.2. The molecule has 1 saturated carbocycles. The van der Waals surface area contributed by atoms with Crippen LogP contribution in [0.1, 0.15) is 36.9 Å². The van der Waals surface area contributed by atoms with E-state index in [1.807, 2.05) is 0 Å². The molecule has 2 heterocycles. The minimum absolute atomic E-state index is 0.140. The van der Waals surface area contributed by atoms with Crippen molar-refractivity contribution in [2.45, 2.75) is 57.3 Å². The van der Waals surface area contributed by atoms with Crippen LogP contribution in [0.25, 0.3) is 16.8 Å². The molecule has 3 aromatic rings. The summed E-state index contributed by atoms with van der Waals surface area (Å²) < 4.78 is 83.3. The number of aliphatic hydroxyl groups excluding tert-OH is 1. The number of anilines is 1. The van der Waals surface area contributed by atoms with Crippen LogP contribution in [0.15, 0.2) is 24.3 Å². The van der Waals surface area contributed by atoms with Crippen molar-refractivity contribution in [3.05, 3.63) is 35.5 Å². The number of nitrogens with one attached hydrogen (secondary N) is 1. The second-order valence-corrected chi connectivity index (χ2v) is 7.81. The first-order valence-corrected chi connectivity index (χ1v) is 10.1. The third-order valence-corrected chi connectivity index (χ3v) is 5.35. The highest BCUT2D eigenvalue weighted by molar-refractivity contribution is 5.81. The van der Waals surface area contributed by atoms with E-state index in [0.717, 1.165) is 18.9 Å². The van der Waals surface area contributed by atoms with E-state index >= 15 is 0 Å². The van der Waals surface area contributed by atoms with Gasteiger partial charge in [0.1, 0.15) is 11.4 Å². The number of ether oxygens (including phenoxy) is 1. The maximum Gasteiger partial charge on any atom is 0.573 e. The van der Waals surface area contributed by atoms with E-state index in [1.165, 1.54) is 10.6 Å². The smallest absolute Gasteiger partial charge is 0.405 e. The number of rotatable bonds is 4. The summed E-state index contributed by atoms with van der Waals surface area (Å²) in [6.07, 6.45) is -7.65. The molecule has 178 valence electrons. The monoisotopic (exact) mass is 475 g/mol. The summed E-state index contributed by atoms with van der Waals surface area (Å²) in [7, 11) is 0. The van der Waals surface area contributed by atoms with Gasteiger partial charge in [-0.25, -0.2) is 0 Å². The number of hydrogen-bond donors (Lipinski definition) is 2. The molecule has 1 aromatic carbocycles. The predicted molar refractivity (Wildman–Crippen MR) is 105 cm³/mol. The minimum atomic E-state index is -5.22. The topological polar surface area (TPSA) is 84.6 Å². The van der Waals surface area contributed by atoms with Crippen molar-refractivity contribution in [3.8, 4) is 17.0 Å². The van der Waals surface area contributed by atoms with Crippen LogP contribution >= 0.6 is 0 Å². The van der Waals surface area contributed by atoms with E-state index in [2.05, 4.69) is 25.3 Å². The van der Waals surface area contributed by atoms with Gasteiger partial charge in [-0.3, -0.25) is 0 Å². The summed E-state index contributed by atoms with van der Waals surface area (Å²) >= 11 is 0. The van der Waals surface area contributed by atoms with Gasteiger partial charge in [0.25, 0.3) is 0 Å². The zero-order valence-corrected chi connectivity index (χ0v) is 17.2. The van der Waals surface area contributed by atoms with Gasteiger partial charge in [0.15, 0.2) is 0 Å². The van der Waals surface area contributed by atoms with Gasteiger partial charge in [-0.1, -0.05) is 12.8 Å². The first-order valence-electron chi connectivity index (χ1n) is 10.1. The Morgan fingerprint density at radius 3 is 2.45 bits per heavy atom. The molecule has 1 aliphatic rings. The molecule has 0 saturated heterocycles. The Morgan fingerprint density at radius 2 is 1.79 bits per heavy atom. The van der Waals surface area contributed by atoms with E-state index in [0.29, 0.717) is 24.6 Å². The zero-order chi connectivity index (χ0) is 24.0. The Bertz CT molecular complexity index is 1160. The highest BCUT2D eigenvalue weighted by Crippen LogP contribution is 2.40. The Balaban J connectivity index is 1.81. The number of alkyl halides is 6. The number of aromatic nitrogens is 4. The number of aryl methyl sites for hydroxylation is 1. The fourth-order valence-electron chi connectivity index (χ4n) is 3.85. The summed E-state index contributed by atoms with van der Waals surface area (Å²) in [6, 6.07) is 2.97. The largest absolute Gasteiger partial charge is 0.573 e. The van der Waals surface area contributed by atoms with Crippen molar-refractivity contribution in [1.29, 1.82) is 0 Å². The van der Waals surface area contributed by atoms with Gasteiger partial charge in [0.2, 0.25) is 5.95 Å². The molecule has 1 aliphatic carbocycles. The molecule has 33 heavy (non-hydrogen) atoms. The van der Waals surface area contributed by atoms with Crippen molar-refractivity contribution in [3.63, 3.8) is 0 Å². The average molecular weight is 475 g/mol. The average Bonchev–Trinajstić information content (AvgIpc) is 3.10. The van der Waals surface area contributed by atoms with Crippen molar-refractivity contribution < 1.29 is 36.2 Å². The van der Waals surface area contributed by atoms with E-state index in [-0.39, 0.29) is 34.8 Å². The van der Waals surface area contributed by atoms with Gasteiger partial charge in [0.05, 0.1) is 28.9 Å². The standard InChI is InChI=1S/C20H19F6N5O2/c1-10-8-14-17(12-7-6-11(19(21,22)23)9-16(12)33-20(24,25)26)28-29-18(31(14)30-10)27-13-4-2-3-5-15(13)32/h6-9,13,15,32H,2-5H2,1H3,(H,27,29)/t13-,15-/m1/s1. The van der Waals surface area contributed by atoms with Crippen molar-refractivity contribution in [2.75, 3.05) is 5.32 Å². The maximum absolute atomic E-state index is 13.1. The molecular weight excluding hydrogens is 456 g/mol. The van der Waals surface area contributed by atoms with E-state index in [9.17, 15) is 31.4 Å². The molecule has 4 rings (SSSR count). The van der Waals surface area contributed by atoms with Crippen LogP contribution in [0.3, 0.4) is 0 Å². The molecule has 13 heteroatoms. The molecule has 7 nitrogen and oxygen atoms in total. The number of halogens is 6. The SMILES string of the molecule is Cc1cc2c(-c3ccc(C(F)(F)F)cc3OC(F)(F)F)nnc(N[C@@H]3CCCC[C@H]3O)n2n1. The Labute approximate surface area is 183 Å². The molecule has 0 radical (unpaired) electrons. The summed E-state index contributed by atoms with van der Waals surface area (Å²) in [5, 5.41) is 25.5. The Hall–Kier alpha value is -3.09. The number of benzene rings is 1. The third kappa shape index (κ3) is 4.97. The fourth-order valence-corrected chi connectivity index (χ4v) is 3.85. The fraction of sp³-hybridized carbons (Fsp3) is 0.450. The van der Waals surface area contributed by atoms with Crippen molar-refractivity contribution in [1.82, 2.24) is 19.8 Å². The first-order chi connectivity index (χ1) is 15.4. The second-order valence-electron chi connectivity index (χ2n) is 7.81. The Morgan fingerprint density at radius 1 is 1.06 bits per heavy atom. The van der Waals surface area contributed by atoms with Gasteiger partial charge < -0.3 is 15.2 Å². The van der Waals surface area contributed by atoms with Gasteiger partial charge in [-0.05, 0) is 44.0 Å². The Kier molecular flexibility index (Phi) is 5.85. The van der Waals surface area contributed by atoms with E-state index in [1.54, 1.807) is 6.92 Å². The summed E-state index contributed by atoms with van der Waals surface area (Å²) in [4.78, 5) is 0. The predicted octanol–water partition coefficient (Wildman–Crippen LogP) is 4.73. The number of fused-ring (bicyclic) bond motifs is 1. The highest BCUT2D eigenvalue weighted by Gasteiger charge is 2.36. The van der Waals surface area contributed by atoms with Crippen LogP contribution in [-0.2, 0) is 6.18 Å². The second kappa shape index (κ2) is 8.36. The number of hydrogen-bond acceptors (Lipinski definition) is 6. The molecule has 2 atom stereocenters. The van der Waals surface area contributed by atoms with E-state index in [4.69, 9.17) is 0 Å². The number of nitrogens with zero attached hydrogens (tertiary/aromatic N) is 4. The lowest BCUT2D eigenvalue weighted by atomic mass is 9.93. The number of aliphatic hydroxyl groups is 1. The third-order valence-electron chi connectivity index (χ3n) is 5.35. The molecule has 1 fully saturated rings. The first kappa shape index (κ1) is 23.1. The highest BCUT2D eigenvalue weighted by atomic mass is 19.4. The van der Waals surface area contributed by atoms with Crippen LogP contribution in [0, 0.1) is 6.92 Å². The van der Waals surface area contributed by atoms with Crippen LogP contribution in [0.5, 0.6) is 5.75 Å². The normalized spacial score (nSPS) is 19.6. The minimum Gasteiger partial charge on any atom is -0.405 e. The molecule has 2 aromatic heterocycles. The van der Waals surface area contributed by atoms with Gasteiger partial charge >= 0.3 is 12.5 Å². The van der Waals surface area contributed by atoms with Gasteiger partial charge in [-0.2, -0.15) is 22.8 Å². The molecule has 0 spiro atoms. The summed E-state index contributed by atoms with van der Waals surface area (Å²) in [6.45, 7) is 1.63. The van der Waals surface area contributed by atoms with E-state index < -0.39 is 30.0 Å². The van der Waals surface area contributed by atoms with Crippen molar-refractivity contribution >= 4 is 11.5 Å². The maximum atomic E-state index is 13.1. The quantitative estimate of drug-likeness (QED) is 0.531. The van der Waals surface area contributed by atoms with Gasteiger partial charge in [-0.15, -0.1) is 23.4 Å². The lowest BCUT2D eigenvalue weighted by molar-refractivity contribution is -0.274. The van der Waals surface area contributed by atoms with Crippen LogP contribution in [-0.4, -0.2) is 43.4 Å². The van der Waals surface area contributed by atoms with Crippen LogP contribution in [0.2, 0.25) is 0 Å². The molecular formula is C20H19F6N5O2. The summed E-state index contributed by atoms with van der Waals surface area (Å²) in [5.41, 5.74) is -1.09. The van der Waals surface area contributed by atoms with Crippen molar-refractivity contribution in [2.24, 2.45) is 0 Å². The lowest BCUT2D eigenvalue weighted by Gasteiger charge is -2.28. The molecule has 0 aliphatic heterocycles. The lowest BCUT2D eigenvalue weighted by Crippen LogP contribution is -2.37. The van der Waals surface area contributed by atoms with Crippen LogP contribution in [0.4, 0.5) is 32.3 Å². The van der Waals surface area contributed by atoms with Crippen LogP contribution < -0.4 is 10.1 Å².